The zero-order chi connectivity index (χ0) is 18.1. The predicted molar refractivity (Wildman–Crippen MR) is 99.1 cm³/mol. The number of para-hydroxylation sites is 2. The van der Waals surface area contributed by atoms with E-state index in [1.807, 2.05) is 28.5 Å². The number of hydrogen-bond acceptors (Lipinski definition) is 6. The lowest BCUT2D eigenvalue weighted by atomic mass is 10.1. The number of benzene rings is 1. The number of ether oxygens (including phenoxy) is 2. The fraction of sp³-hybridized carbons (Fsp3) is 0.263. The van der Waals surface area contributed by atoms with Gasteiger partial charge in [0.15, 0.2) is 0 Å². The minimum atomic E-state index is -0.316. The molecular formula is C19H18N2O4S. The minimum absolute atomic E-state index is 0.315. The van der Waals surface area contributed by atoms with Crippen molar-refractivity contribution in [1.29, 1.82) is 0 Å². The molecule has 2 amide bonds. The van der Waals surface area contributed by atoms with Crippen molar-refractivity contribution in [2.45, 2.75) is 0 Å². The van der Waals surface area contributed by atoms with E-state index in [4.69, 9.17) is 9.47 Å². The van der Waals surface area contributed by atoms with Gasteiger partial charge in [0.2, 0.25) is 0 Å². The molecule has 0 spiro atoms. The van der Waals surface area contributed by atoms with Gasteiger partial charge in [0.25, 0.3) is 11.8 Å². The number of amides is 2. The Morgan fingerprint density at radius 1 is 1.04 bits per heavy atom. The highest BCUT2D eigenvalue weighted by molar-refractivity contribution is 7.11. The molecule has 0 unspecified atom stereocenters. The molecule has 2 aliphatic rings. The average molecular weight is 370 g/mol. The smallest absolute Gasteiger partial charge is 0.282 e. The first-order valence-corrected chi connectivity index (χ1v) is 9.23. The monoisotopic (exact) mass is 370 g/mol. The number of carbonyl (C=O) groups excluding carboxylic acids is 2. The van der Waals surface area contributed by atoms with Gasteiger partial charge in [-0.15, -0.1) is 11.3 Å². The molecule has 6 nitrogen and oxygen atoms in total. The van der Waals surface area contributed by atoms with Crippen molar-refractivity contribution in [3.8, 4) is 5.75 Å². The molecule has 1 aromatic heterocycles. The molecule has 1 fully saturated rings. The summed E-state index contributed by atoms with van der Waals surface area (Å²) in [7, 11) is 1.53. The van der Waals surface area contributed by atoms with Gasteiger partial charge in [-0.2, -0.15) is 0 Å². The zero-order valence-corrected chi connectivity index (χ0v) is 15.1. The molecule has 26 heavy (non-hydrogen) atoms. The average Bonchev–Trinajstić information content (AvgIpc) is 3.28. The highest BCUT2D eigenvalue weighted by Gasteiger charge is 2.44. The van der Waals surface area contributed by atoms with Crippen molar-refractivity contribution in [3.05, 3.63) is 52.4 Å². The zero-order valence-electron chi connectivity index (χ0n) is 14.3. The highest BCUT2D eigenvalue weighted by atomic mass is 32.1. The summed E-state index contributed by atoms with van der Waals surface area (Å²) in [5, 5.41) is 1.91. The first kappa shape index (κ1) is 16.8. The summed E-state index contributed by atoms with van der Waals surface area (Å²) in [6.45, 7) is 2.25. The lowest BCUT2D eigenvalue weighted by molar-refractivity contribution is -0.121. The van der Waals surface area contributed by atoms with E-state index < -0.39 is 0 Å². The molecule has 2 aliphatic heterocycles. The number of carbonyl (C=O) groups is 2. The Bertz CT molecular complexity index is 869. The van der Waals surface area contributed by atoms with Crippen LogP contribution in [0.1, 0.15) is 4.88 Å². The van der Waals surface area contributed by atoms with E-state index in [2.05, 4.69) is 0 Å². The van der Waals surface area contributed by atoms with Crippen LogP contribution < -0.4 is 9.64 Å². The Hall–Kier alpha value is -2.64. The minimum Gasteiger partial charge on any atom is -0.495 e. The maximum Gasteiger partial charge on any atom is 0.282 e. The molecule has 0 saturated carbocycles. The quantitative estimate of drug-likeness (QED) is 0.774. The molecular weight excluding hydrogens is 352 g/mol. The van der Waals surface area contributed by atoms with Crippen LogP contribution in [0.15, 0.2) is 47.5 Å². The lowest BCUT2D eigenvalue weighted by Gasteiger charge is -2.29. The van der Waals surface area contributed by atoms with Crippen molar-refractivity contribution >= 4 is 34.4 Å². The Morgan fingerprint density at radius 3 is 2.50 bits per heavy atom. The Kier molecular flexibility index (Phi) is 4.48. The van der Waals surface area contributed by atoms with Crippen molar-refractivity contribution in [3.63, 3.8) is 0 Å². The van der Waals surface area contributed by atoms with Crippen LogP contribution in [0.4, 0.5) is 5.69 Å². The van der Waals surface area contributed by atoms with Gasteiger partial charge in [0.1, 0.15) is 11.4 Å². The fourth-order valence-corrected chi connectivity index (χ4v) is 4.04. The summed E-state index contributed by atoms with van der Waals surface area (Å²) in [6.07, 6.45) is 0. The SMILES string of the molecule is COc1ccccc1N1C(=O)C(c2cccs2)=C(N2CCOCC2)C1=O. The van der Waals surface area contributed by atoms with Crippen LogP contribution in [0.3, 0.4) is 0 Å². The van der Waals surface area contributed by atoms with Gasteiger partial charge >= 0.3 is 0 Å². The third-order valence-electron chi connectivity index (χ3n) is 4.48. The summed E-state index contributed by atoms with van der Waals surface area (Å²) in [4.78, 5) is 30.5. The molecule has 0 atom stereocenters. The second-order valence-electron chi connectivity index (χ2n) is 5.92. The van der Waals surface area contributed by atoms with Gasteiger partial charge in [0, 0.05) is 18.0 Å². The molecule has 0 bridgehead atoms. The molecule has 0 aliphatic carbocycles. The lowest BCUT2D eigenvalue weighted by Crippen LogP contribution is -2.40. The maximum atomic E-state index is 13.3. The second-order valence-corrected chi connectivity index (χ2v) is 6.87. The van der Waals surface area contributed by atoms with Crippen molar-refractivity contribution < 1.29 is 19.1 Å². The number of imide groups is 1. The largest absolute Gasteiger partial charge is 0.495 e. The fourth-order valence-electron chi connectivity index (χ4n) is 3.27. The molecule has 2 aromatic rings. The number of thiophene rings is 1. The number of hydrogen-bond donors (Lipinski definition) is 0. The van der Waals surface area contributed by atoms with Crippen LogP contribution in [0, 0.1) is 0 Å². The number of rotatable bonds is 4. The third kappa shape index (κ3) is 2.69. The Morgan fingerprint density at radius 2 is 1.81 bits per heavy atom. The number of methoxy groups -OCH3 is 1. The van der Waals surface area contributed by atoms with Gasteiger partial charge in [-0.05, 0) is 23.6 Å². The number of morpholine rings is 1. The molecule has 4 rings (SSSR count). The van der Waals surface area contributed by atoms with E-state index in [1.54, 1.807) is 18.2 Å². The van der Waals surface area contributed by atoms with E-state index in [0.29, 0.717) is 49.0 Å². The van der Waals surface area contributed by atoms with Gasteiger partial charge in [0.05, 0.1) is 31.6 Å². The summed E-state index contributed by atoms with van der Waals surface area (Å²) in [6, 6.07) is 10.8. The van der Waals surface area contributed by atoms with Crippen LogP contribution >= 0.6 is 11.3 Å². The molecule has 1 aromatic carbocycles. The first-order valence-electron chi connectivity index (χ1n) is 8.35. The van der Waals surface area contributed by atoms with Crippen LogP contribution in [0.5, 0.6) is 5.75 Å². The summed E-state index contributed by atoms with van der Waals surface area (Å²) in [5.41, 5.74) is 1.37. The van der Waals surface area contributed by atoms with Crippen molar-refractivity contribution in [1.82, 2.24) is 4.90 Å². The number of anilines is 1. The molecule has 134 valence electrons. The maximum absolute atomic E-state index is 13.3. The molecule has 0 radical (unpaired) electrons. The molecule has 7 heteroatoms. The summed E-state index contributed by atoms with van der Waals surface area (Å²) >= 11 is 1.45. The molecule has 3 heterocycles. The third-order valence-corrected chi connectivity index (χ3v) is 5.37. The number of nitrogens with zero attached hydrogens (tertiary/aromatic N) is 2. The molecule has 0 N–H and O–H groups in total. The van der Waals surface area contributed by atoms with Crippen LogP contribution in [-0.2, 0) is 14.3 Å². The van der Waals surface area contributed by atoms with E-state index in [1.165, 1.54) is 23.3 Å². The van der Waals surface area contributed by atoms with Crippen LogP contribution in [-0.4, -0.2) is 50.1 Å². The second kappa shape index (κ2) is 6.93. The highest BCUT2D eigenvalue weighted by Crippen LogP contribution is 2.39. The van der Waals surface area contributed by atoms with Gasteiger partial charge in [-0.25, -0.2) is 4.90 Å². The molecule has 1 saturated heterocycles. The standard InChI is InChI=1S/C19H18N2O4S/c1-24-14-6-3-2-5-13(14)21-18(22)16(15-7-4-12-26-15)17(19(21)23)20-8-10-25-11-9-20/h2-7,12H,8-11H2,1H3. The van der Waals surface area contributed by atoms with Gasteiger partial charge in [-0.3, -0.25) is 9.59 Å². The van der Waals surface area contributed by atoms with Gasteiger partial charge in [-0.1, -0.05) is 18.2 Å². The van der Waals surface area contributed by atoms with Crippen LogP contribution in [0.25, 0.3) is 5.57 Å². The van der Waals surface area contributed by atoms with Gasteiger partial charge < -0.3 is 14.4 Å². The van der Waals surface area contributed by atoms with Crippen molar-refractivity contribution in [2.75, 3.05) is 38.3 Å². The summed E-state index contributed by atoms with van der Waals surface area (Å²) < 4.78 is 10.8. The first-order chi connectivity index (χ1) is 12.7. The van der Waals surface area contributed by atoms with E-state index in [0.717, 1.165) is 4.88 Å². The Balaban J connectivity index is 1.83. The summed E-state index contributed by atoms with van der Waals surface area (Å²) in [5.74, 6) is -0.142. The Labute approximate surface area is 155 Å². The van der Waals surface area contributed by atoms with Crippen LogP contribution in [0.2, 0.25) is 0 Å². The normalized spacial score (nSPS) is 18.0. The van der Waals surface area contributed by atoms with E-state index >= 15 is 0 Å². The topological polar surface area (TPSA) is 59.1 Å². The predicted octanol–water partition coefficient (Wildman–Crippen LogP) is 2.37. The van der Waals surface area contributed by atoms with Crippen molar-refractivity contribution in [2.24, 2.45) is 0 Å². The van der Waals surface area contributed by atoms with E-state index in [9.17, 15) is 9.59 Å². The van der Waals surface area contributed by atoms with E-state index in [-0.39, 0.29) is 11.8 Å².